The number of thiazole rings is 1. The number of nitrogens with one attached hydrogen (secondary N) is 4. The number of benzene rings is 1. The normalized spacial score (nSPS) is 11.4. The number of amides is 1. The lowest BCUT2D eigenvalue weighted by molar-refractivity contribution is -0.114. The van der Waals surface area contributed by atoms with E-state index >= 15 is 0 Å². The molecule has 2 heterocycles. The lowest BCUT2D eigenvalue weighted by atomic mass is 10.2. The van der Waals surface area contributed by atoms with Crippen LogP contribution < -0.4 is 15.4 Å². The first-order valence-corrected chi connectivity index (χ1v) is 11.1. The van der Waals surface area contributed by atoms with E-state index in [2.05, 4.69) is 35.3 Å². The van der Waals surface area contributed by atoms with E-state index in [0.29, 0.717) is 5.69 Å². The van der Waals surface area contributed by atoms with E-state index in [9.17, 15) is 17.6 Å². The van der Waals surface area contributed by atoms with Gasteiger partial charge in [0.15, 0.2) is 20.9 Å². The summed E-state index contributed by atoms with van der Waals surface area (Å²) < 4.78 is 45.4. The molecule has 164 valence electrons. The van der Waals surface area contributed by atoms with Crippen molar-refractivity contribution in [1.82, 2.24) is 20.0 Å². The summed E-state index contributed by atoms with van der Waals surface area (Å²) in [6, 6.07) is 3.77. The highest BCUT2D eigenvalue weighted by molar-refractivity contribution is 7.91. The van der Waals surface area contributed by atoms with Crippen LogP contribution in [-0.4, -0.2) is 35.5 Å². The molecule has 11 nitrogen and oxygen atoms in total. The summed E-state index contributed by atoms with van der Waals surface area (Å²) in [4.78, 5) is 15.2. The van der Waals surface area contributed by atoms with Gasteiger partial charge in [-0.25, -0.2) is 27.1 Å². The van der Waals surface area contributed by atoms with Gasteiger partial charge in [0.05, 0.1) is 17.3 Å². The Hall–Kier alpha value is -2.94. The van der Waals surface area contributed by atoms with Crippen molar-refractivity contribution in [3.05, 3.63) is 46.1 Å². The molecule has 4 N–H and O–H groups in total. The third kappa shape index (κ3) is 5.41. The minimum absolute atomic E-state index is 0.0403. The van der Waals surface area contributed by atoms with Gasteiger partial charge in [0.1, 0.15) is 11.5 Å². The fourth-order valence-corrected chi connectivity index (χ4v) is 5.03. The number of halogens is 2. The maximum Gasteiger partial charge on any atom is 0.252 e. The highest BCUT2D eigenvalue weighted by Crippen LogP contribution is 2.27. The minimum Gasteiger partial charge on any atom is -0.339 e. The number of hydrogen-bond donors (Lipinski definition) is 4. The van der Waals surface area contributed by atoms with Gasteiger partial charge in [0.25, 0.3) is 10.0 Å². The Morgan fingerprint density at radius 3 is 2.74 bits per heavy atom. The zero-order valence-corrected chi connectivity index (χ0v) is 18.4. The molecule has 0 aliphatic heterocycles. The molecule has 31 heavy (non-hydrogen) atoms. The fraction of sp³-hybridized carbons (Fsp3) is 0.188. The van der Waals surface area contributed by atoms with Crippen molar-refractivity contribution in [3.8, 4) is 0 Å². The molecule has 0 saturated heterocycles. The first-order chi connectivity index (χ1) is 14.6. The number of rotatable bonds is 7. The van der Waals surface area contributed by atoms with Gasteiger partial charge in [-0.1, -0.05) is 28.1 Å². The van der Waals surface area contributed by atoms with Crippen LogP contribution in [0.15, 0.2) is 27.0 Å². The molecule has 15 heteroatoms. The maximum absolute atomic E-state index is 13.3. The van der Waals surface area contributed by atoms with Crippen LogP contribution in [0.5, 0.6) is 0 Å². The summed E-state index contributed by atoms with van der Waals surface area (Å²) in [6.07, 6.45) is 0. The predicted molar refractivity (Wildman–Crippen MR) is 111 cm³/mol. The molecule has 0 unspecified atom stereocenters. The van der Waals surface area contributed by atoms with Crippen molar-refractivity contribution in [3.63, 3.8) is 0 Å². The first kappa shape index (κ1) is 22.7. The summed E-state index contributed by atoms with van der Waals surface area (Å²) in [6.45, 7) is 2.44. The molecule has 2 aromatic heterocycles. The van der Waals surface area contributed by atoms with Crippen molar-refractivity contribution in [2.45, 2.75) is 24.6 Å². The predicted octanol–water partition coefficient (Wildman–Crippen LogP) is 2.50. The SMILES string of the molecule is CC(=O)Nc1nc(C)c(S(=O)(=O)NCc2nonc2C(=N)Nc2ccc(F)c(Cl)c2)s1. The zero-order chi connectivity index (χ0) is 22.8. The van der Waals surface area contributed by atoms with Crippen molar-refractivity contribution < 1.29 is 22.2 Å². The summed E-state index contributed by atoms with van der Waals surface area (Å²) in [5.41, 5.74) is 0.515. The van der Waals surface area contributed by atoms with Crippen LogP contribution in [0.4, 0.5) is 15.2 Å². The van der Waals surface area contributed by atoms with Gasteiger partial charge in [-0.3, -0.25) is 10.2 Å². The topological polar surface area (TPSA) is 163 Å². The van der Waals surface area contributed by atoms with Gasteiger partial charge in [-0.2, -0.15) is 0 Å². The Balaban J connectivity index is 1.72. The third-order valence-corrected chi connectivity index (χ3v) is 7.07. The van der Waals surface area contributed by atoms with E-state index in [-0.39, 0.29) is 49.7 Å². The summed E-state index contributed by atoms with van der Waals surface area (Å²) in [7, 11) is -4.00. The van der Waals surface area contributed by atoms with Gasteiger partial charge in [0.2, 0.25) is 5.91 Å². The number of anilines is 2. The van der Waals surface area contributed by atoms with E-state index in [1.807, 2.05) is 0 Å². The molecule has 3 rings (SSSR count). The monoisotopic (exact) mass is 487 g/mol. The minimum atomic E-state index is -4.00. The Labute approximate surface area is 184 Å². The van der Waals surface area contributed by atoms with Crippen LogP contribution in [0.1, 0.15) is 24.0 Å². The number of aromatic nitrogens is 3. The van der Waals surface area contributed by atoms with Crippen molar-refractivity contribution in [2.24, 2.45) is 0 Å². The lowest BCUT2D eigenvalue weighted by Gasteiger charge is -2.08. The van der Waals surface area contributed by atoms with Crippen LogP contribution >= 0.6 is 22.9 Å². The highest BCUT2D eigenvalue weighted by atomic mass is 35.5. The second-order valence-corrected chi connectivity index (χ2v) is 9.45. The molecule has 0 atom stereocenters. The average molecular weight is 488 g/mol. The molecule has 0 saturated carbocycles. The van der Waals surface area contributed by atoms with Gasteiger partial charge in [0, 0.05) is 12.6 Å². The fourth-order valence-electron chi connectivity index (χ4n) is 2.35. The van der Waals surface area contributed by atoms with Crippen LogP contribution in [0.25, 0.3) is 0 Å². The van der Waals surface area contributed by atoms with E-state index in [0.717, 1.165) is 17.4 Å². The Kier molecular flexibility index (Phi) is 6.64. The molecular formula is C16H15ClFN7O4S2. The lowest BCUT2D eigenvalue weighted by Crippen LogP contribution is -2.25. The van der Waals surface area contributed by atoms with E-state index in [1.165, 1.54) is 26.0 Å². The van der Waals surface area contributed by atoms with Crippen LogP contribution in [-0.2, 0) is 21.4 Å². The highest BCUT2D eigenvalue weighted by Gasteiger charge is 2.24. The second-order valence-electron chi connectivity index (χ2n) is 6.09. The van der Waals surface area contributed by atoms with E-state index < -0.39 is 15.8 Å². The van der Waals surface area contributed by atoms with Gasteiger partial charge in [-0.05, 0) is 30.3 Å². The van der Waals surface area contributed by atoms with Crippen molar-refractivity contribution in [2.75, 3.05) is 10.6 Å². The third-order valence-electron chi connectivity index (χ3n) is 3.69. The quantitative estimate of drug-likeness (QED) is 0.291. The molecule has 0 bridgehead atoms. The molecule has 3 aromatic rings. The van der Waals surface area contributed by atoms with E-state index in [1.54, 1.807) is 0 Å². The van der Waals surface area contributed by atoms with Crippen LogP contribution in [0.2, 0.25) is 5.02 Å². The molecule has 0 spiro atoms. The Morgan fingerprint density at radius 1 is 1.32 bits per heavy atom. The van der Waals surface area contributed by atoms with Gasteiger partial charge < -0.3 is 10.6 Å². The summed E-state index contributed by atoms with van der Waals surface area (Å²) in [5, 5.41) is 20.5. The van der Waals surface area contributed by atoms with Crippen LogP contribution in [0.3, 0.4) is 0 Å². The molecule has 1 aromatic carbocycles. The van der Waals surface area contributed by atoms with Crippen molar-refractivity contribution in [1.29, 1.82) is 5.41 Å². The summed E-state index contributed by atoms with van der Waals surface area (Å²) in [5.74, 6) is -1.26. The van der Waals surface area contributed by atoms with Crippen LogP contribution in [0, 0.1) is 18.2 Å². The number of aryl methyl sites for hydroxylation is 1. The molecule has 0 aliphatic rings. The van der Waals surface area contributed by atoms with Gasteiger partial charge in [-0.15, -0.1) is 0 Å². The second kappa shape index (κ2) is 9.05. The molecule has 0 aliphatic carbocycles. The Morgan fingerprint density at radius 2 is 2.06 bits per heavy atom. The molecule has 1 amide bonds. The van der Waals surface area contributed by atoms with Crippen molar-refractivity contribution >= 4 is 55.5 Å². The molecule has 0 radical (unpaired) electrons. The van der Waals surface area contributed by atoms with Gasteiger partial charge >= 0.3 is 0 Å². The molecule has 0 fully saturated rings. The standard InChI is InChI=1S/C16H15ClFN7O4S2/c1-7-15(30-16(21-7)22-8(2)26)31(27,28)20-6-12-13(25-29-24-12)14(19)23-9-3-4-11(18)10(17)5-9/h3-5,20H,6H2,1-2H3,(H2,19,23)(H,21,22,26). The number of carbonyl (C=O) groups excluding carboxylic acids is 1. The molecular weight excluding hydrogens is 473 g/mol. The number of hydrogen-bond acceptors (Lipinski definition) is 9. The zero-order valence-electron chi connectivity index (χ0n) is 16.0. The first-order valence-electron chi connectivity index (χ1n) is 8.44. The maximum atomic E-state index is 13.3. The number of amidine groups is 1. The Bertz CT molecular complexity index is 1260. The number of sulfonamides is 1. The largest absolute Gasteiger partial charge is 0.339 e. The smallest absolute Gasteiger partial charge is 0.252 e. The summed E-state index contributed by atoms with van der Waals surface area (Å²) >= 11 is 6.51. The average Bonchev–Trinajstić information content (AvgIpc) is 3.29. The number of nitrogens with zero attached hydrogens (tertiary/aromatic N) is 3. The number of carbonyl (C=O) groups is 1. The van der Waals surface area contributed by atoms with E-state index in [4.69, 9.17) is 17.0 Å².